The number of sulfonamides is 1. The van der Waals surface area contributed by atoms with Crippen molar-refractivity contribution in [3.05, 3.63) is 30.0 Å². The van der Waals surface area contributed by atoms with Crippen LogP contribution in [0.5, 0.6) is 5.75 Å². The third-order valence-electron chi connectivity index (χ3n) is 5.06. The van der Waals surface area contributed by atoms with Gasteiger partial charge in [-0.3, -0.25) is 14.5 Å². The number of carboxylic acid groups (broad SMARTS) is 2. The van der Waals surface area contributed by atoms with E-state index in [2.05, 4.69) is 0 Å². The normalized spacial score (nSPS) is 17.3. The van der Waals surface area contributed by atoms with Crippen LogP contribution in [-0.4, -0.2) is 83.9 Å². The molecule has 3 rings (SSSR count). The molecule has 0 spiro atoms. The summed E-state index contributed by atoms with van der Waals surface area (Å²) < 4.78 is 31.5. The Morgan fingerprint density at radius 1 is 1.17 bits per heavy atom. The van der Waals surface area contributed by atoms with E-state index in [1.807, 2.05) is 0 Å². The van der Waals surface area contributed by atoms with Crippen molar-refractivity contribution in [1.82, 2.24) is 13.8 Å². The van der Waals surface area contributed by atoms with E-state index >= 15 is 0 Å². The van der Waals surface area contributed by atoms with Gasteiger partial charge in [0.15, 0.2) is 0 Å². The van der Waals surface area contributed by atoms with Crippen LogP contribution in [0.3, 0.4) is 0 Å². The highest BCUT2D eigenvalue weighted by molar-refractivity contribution is 7.88. The van der Waals surface area contributed by atoms with Gasteiger partial charge in [-0.05, 0) is 18.2 Å². The molecule has 0 saturated carbocycles. The van der Waals surface area contributed by atoms with Crippen molar-refractivity contribution in [3.8, 4) is 5.75 Å². The molecule has 1 aromatic carbocycles. The van der Waals surface area contributed by atoms with E-state index in [-0.39, 0.29) is 32.7 Å². The third-order valence-corrected chi connectivity index (χ3v) is 6.36. The largest absolute Gasteiger partial charge is 0.497 e. The molecule has 2 aromatic rings. The van der Waals surface area contributed by atoms with Crippen LogP contribution in [0.1, 0.15) is 11.6 Å². The number of methoxy groups -OCH3 is 1. The number of benzene rings is 1. The Hall–Kier alpha value is -2.63. The van der Waals surface area contributed by atoms with Gasteiger partial charge in [0.05, 0.1) is 13.4 Å². The summed E-state index contributed by atoms with van der Waals surface area (Å²) in [6, 6.07) is 4.03. The Labute approximate surface area is 167 Å². The number of fused-ring (bicyclic) bond motifs is 1. The fourth-order valence-corrected chi connectivity index (χ4v) is 4.53. The number of ether oxygens (including phenoxy) is 1. The van der Waals surface area contributed by atoms with Gasteiger partial charge in [0, 0.05) is 48.8 Å². The maximum Gasteiger partial charge on any atom is 0.325 e. The molecule has 10 nitrogen and oxygen atoms in total. The molecule has 29 heavy (non-hydrogen) atoms. The van der Waals surface area contributed by atoms with Crippen LogP contribution in [0.25, 0.3) is 10.9 Å². The summed E-state index contributed by atoms with van der Waals surface area (Å²) in [5.74, 6) is -1.61. The Kier molecular flexibility index (Phi) is 5.82. The lowest BCUT2D eigenvalue weighted by Gasteiger charge is -2.36. The fourth-order valence-electron chi connectivity index (χ4n) is 3.70. The lowest BCUT2D eigenvalue weighted by molar-refractivity contribution is -0.144. The minimum Gasteiger partial charge on any atom is -0.497 e. The van der Waals surface area contributed by atoms with E-state index in [0.717, 1.165) is 6.26 Å². The van der Waals surface area contributed by atoms with Gasteiger partial charge in [-0.2, -0.15) is 4.31 Å². The van der Waals surface area contributed by atoms with Crippen molar-refractivity contribution >= 4 is 32.9 Å². The average Bonchev–Trinajstić information content (AvgIpc) is 2.98. The number of hydrogen-bond donors (Lipinski definition) is 2. The molecule has 2 heterocycles. The van der Waals surface area contributed by atoms with Gasteiger partial charge in [0.2, 0.25) is 10.0 Å². The molecule has 0 aliphatic carbocycles. The van der Waals surface area contributed by atoms with Crippen molar-refractivity contribution in [3.63, 3.8) is 0 Å². The summed E-state index contributed by atoms with van der Waals surface area (Å²) >= 11 is 0. The first-order valence-corrected chi connectivity index (χ1v) is 10.8. The van der Waals surface area contributed by atoms with Crippen LogP contribution in [-0.2, 0) is 26.2 Å². The van der Waals surface area contributed by atoms with Crippen LogP contribution in [0.4, 0.5) is 0 Å². The summed E-state index contributed by atoms with van der Waals surface area (Å²) in [6.45, 7) is 0.579. The van der Waals surface area contributed by atoms with Gasteiger partial charge in [-0.15, -0.1) is 0 Å². The topological polar surface area (TPSA) is 129 Å². The molecule has 2 N–H and O–H groups in total. The number of rotatable bonds is 7. The zero-order valence-corrected chi connectivity index (χ0v) is 16.9. The first kappa shape index (κ1) is 21.1. The highest BCUT2D eigenvalue weighted by atomic mass is 32.2. The highest BCUT2D eigenvalue weighted by Crippen LogP contribution is 2.33. The molecule has 0 radical (unpaired) electrons. The zero-order valence-electron chi connectivity index (χ0n) is 16.1. The monoisotopic (exact) mass is 425 g/mol. The van der Waals surface area contributed by atoms with E-state index in [4.69, 9.17) is 4.74 Å². The minimum absolute atomic E-state index is 0.194. The first-order valence-electron chi connectivity index (χ1n) is 8.92. The Bertz CT molecular complexity index is 1040. The quantitative estimate of drug-likeness (QED) is 0.654. The minimum atomic E-state index is -3.34. The summed E-state index contributed by atoms with van der Waals surface area (Å²) in [6.07, 6.45) is 2.67. The van der Waals surface area contributed by atoms with Crippen LogP contribution < -0.4 is 4.74 Å². The molecule has 1 aromatic heterocycles. The van der Waals surface area contributed by atoms with Crippen molar-refractivity contribution < 1.29 is 33.0 Å². The second kappa shape index (κ2) is 8.01. The van der Waals surface area contributed by atoms with Crippen LogP contribution >= 0.6 is 0 Å². The predicted molar refractivity (Wildman–Crippen MR) is 104 cm³/mol. The average molecular weight is 425 g/mol. The number of aromatic nitrogens is 1. The van der Waals surface area contributed by atoms with Crippen LogP contribution in [0.15, 0.2) is 24.4 Å². The van der Waals surface area contributed by atoms with E-state index in [1.54, 1.807) is 29.3 Å². The summed E-state index contributed by atoms with van der Waals surface area (Å²) in [7, 11) is -1.85. The number of piperazine rings is 1. The summed E-state index contributed by atoms with van der Waals surface area (Å²) in [5, 5.41) is 19.7. The third kappa shape index (κ3) is 4.36. The molecule has 1 aliphatic heterocycles. The lowest BCUT2D eigenvalue weighted by atomic mass is 10.0. The van der Waals surface area contributed by atoms with Gasteiger partial charge in [0.1, 0.15) is 18.3 Å². The van der Waals surface area contributed by atoms with Crippen molar-refractivity contribution in [1.29, 1.82) is 0 Å². The molecule has 11 heteroatoms. The summed E-state index contributed by atoms with van der Waals surface area (Å²) in [4.78, 5) is 25.1. The highest BCUT2D eigenvalue weighted by Gasteiger charge is 2.34. The van der Waals surface area contributed by atoms with Gasteiger partial charge in [-0.1, -0.05) is 0 Å². The smallest absolute Gasteiger partial charge is 0.325 e. The van der Waals surface area contributed by atoms with Gasteiger partial charge in [-0.25, -0.2) is 8.42 Å². The molecule has 1 aliphatic rings. The molecule has 0 bridgehead atoms. The number of nitrogens with zero attached hydrogens (tertiary/aromatic N) is 3. The predicted octanol–water partition coefficient (Wildman–Crippen LogP) is 0.437. The van der Waals surface area contributed by atoms with Crippen LogP contribution in [0, 0.1) is 0 Å². The number of carboxylic acids is 2. The molecular weight excluding hydrogens is 402 g/mol. The molecule has 1 saturated heterocycles. The van der Waals surface area contributed by atoms with Crippen molar-refractivity contribution in [2.75, 3.05) is 39.5 Å². The maximum atomic E-state index is 12.2. The Balaban J connectivity index is 2.03. The molecule has 1 atom stereocenters. The molecule has 0 amide bonds. The molecule has 158 valence electrons. The lowest BCUT2D eigenvalue weighted by Crippen LogP contribution is -2.50. The second-order valence-electron chi connectivity index (χ2n) is 6.93. The number of hydrogen-bond acceptors (Lipinski definition) is 6. The molecule has 1 fully saturated rings. The number of aliphatic carboxylic acids is 2. The van der Waals surface area contributed by atoms with E-state index in [1.165, 1.54) is 16.0 Å². The maximum absolute atomic E-state index is 12.2. The number of carbonyl (C=O) groups is 2. The SMILES string of the molecule is COc1ccc2c(c1)c([C@@H](C(=O)O)N1CCN(S(C)(=O)=O)CC1)cn2CC(=O)O. The summed E-state index contributed by atoms with van der Waals surface area (Å²) in [5.41, 5.74) is 1.03. The van der Waals surface area contributed by atoms with Gasteiger partial charge < -0.3 is 19.5 Å². The van der Waals surface area contributed by atoms with E-state index in [0.29, 0.717) is 22.2 Å². The Morgan fingerprint density at radius 3 is 2.34 bits per heavy atom. The Morgan fingerprint density at radius 2 is 1.83 bits per heavy atom. The molecular formula is C18H23N3O7S. The van der Waals surface area contributed by atoms with Crippen molar-refractivity contribution in [2.45, 2.75) is 12.6 Å². The second-order valence-corrected chi connectivity index (χ2v) is 8.91. The zero-order chi connectivity index (χ0) is 21.3. The molecule has 0 unspecified atom stereocenters. The van der Waals surface area contributed by atoms with E-state index in [9.17, 15) is 28.2 Å². The van der Waals surface area contributed by atoms with Crippen LogP contribution in [0.2, 0.25) is 0 Å². The van der Waals surface area contributed by atoms with Gasteiger partial charge >= 0.3 is 11.9 Å². The van der Waals surface area contributed by atoms with E-state index < -0.39 is 28.0 Å². The first-order chi connectivity index (χ1) is 13.6. The fraction of sp³-hybridized carbons (Fsp3) is 0.444. The standard InChI is InChI=1S/C18H23N3O7S/c1-28-12-3-4-15-13(9-12)14(10-20(15)11-16(22)23)17(18(24)25)19-5-7-21(8-6-19)29(2,26)27/h3-4,9-10,17H,5-8,11H2,1-2H3,(H,22,23)(H,24,25)/t17-/m0/s1. The van der Waals surface area contributed by atoms with Crippen molar-refractivity contribution in [2.24, 2.45) is 0 Å². The van der Waals surface area contributed by atoms with Gasteiger partial charge in [0.25, 0.3) is 0 Å².